The first-order chi connectivity index (χ1) is 14.4. The van der Waals surface area contributed by atoms with Gasteiger partial charge in [-0.25, -0.2) is 0 Å². The summed E-state index contributed by atoms with van der Waals surface area (Å²) >= 11 is 0. The van der Waals surface area contributed by atoms with Crippen LogP contribution in [-0.2, 0) is 0 Å². The Bertz CT molecular complexity index is 687. The van der Waals surface area contributed by atoms with Crippen LogP contribution < -0.4 is 0 Å². The summed E-state index contributed by atoms with van der Waals surface area (Å²) in [5.41, 5.74) is 0.357. The van der Waals surface area contributed by atoms with Crippen LogP contribution in [0.3, 0.4) is 0 Å². The van der Waals surface area contributed by atoms with Crippen molar-refractivity contribution >= 4 is 0 Å². The molecule has 4 fully saturated rings. The summed E-state index contributed by atoms with van der Waals surface area (Å²) in [6.45, 7) is 11.3. The van der Waals surface area contributed by atoms with Crippen molar-refractivity contribution in [2.24, 2.45) is 52.3 Å². The van der Waals surface area contributed by atoms with E-state index in [0.29, 0.717) is 48.9 Å². The molecule has 4 rings (SSSR count). The van der Waals surface area contributed by atoms with E-state index in [-0.39, 0.29) is 34.9 Å². The van der Waals surface area contributed by atoms with Gasteiger partial charge in [-0.15, -0.1) is 0 Å². The lowest BCUT2D eigenvalue weighted by atomic mass is 9.43. The van der Waals surface area contributed by atoms with Crippen LogP contribution in [0.2, 0.25) is 0 Å². The molecule has 0 aromatic heterocycles. The second-order valence-electron chi connectivity index (χ2n) is 12.7. The third kappa shape index (κ3) is 3.94. The molecular weight excluding hydrogens is 388 g/mol. The molecular formula is C27H46O4. The van der Waals surface area contributed by atoms with Crippen LogP contribution in [-0.4, -0.2) is 38.4 Å². The predicted molar refractivity (Wildman–Crippen MR) is 123 cm³/mol. The zero-order valence-corrected chi connectivity index (χ0v) is 20.3. The average Bonchev–Trinajstić information content (AvgIpc) is 3.04. The molecule has 0 saturated heterocycles. The number of hydrogen-bond donors (Lipinski definition) is 4. The van der Waals surface area contributed by atoms with Crippen molar-refractivity contribution in [3.8, 4) is 0 Å². The van der Waals surface area contributed by atoms with E-state index in [1.165, 1.54) is 19.3 Å². The predicted octanol–water partition coefficient (Wildman–Crippen LogP) is 4.51. The Balaban J connectivity index is 1.55. The molecule has 10 atom stereocenters. The minimum atomic E-state index is -1.55. The van der Waals surface area contributed by atoms with Gasteiger partial charge in [-0.05, 0) is 90.8 Å². The van der Waals surface area contributed by atoms with Crippen LogP contribution in [0.25, 0.3) is 0 Å². The van der Waals surface area contributed by atoms with Crippen LogP contribution in [0.15, 0.2) is 12.2 Å². The van der Waals surface area contributed by atoms with Gasteiger partial charge < -0.3 is 20.4 Å². The van der Waals surface area contributed by atoms with E-state index in [9.17, 15) is 20.4 Å². The largest absolute Gasteiger partial charge is 0.393 e. The Kier molecular flexibility index (Phi) is 6.21. The molecule has 31 heavy (non-hydrogen) atoms. The van der Waals surface area contributed by atoms with Crippen molar-refractivity contribution in [1.82, 2.24) is 0 Å². The van der Waals surface area contributed by atoms with E-state index < -0.39 is 5.79 Å². The van der Waals surface area contributed by atoms with Crippen molar-refractivity contribution in [2.75, 3.05) is 0 Å². The highest BCUT2D eigenvalue weighted by Crippen LogP contribution is 2.68. The SMILES string of the molecule is CC(C)[C@H](O)C=C[C@@H](C)[C@H]1CC[C@H]2[C@@H]3[C@H](O)C[C@H]4CC(O)(O)CC[C@]4(C)[C@H]3CC[C@]12C. The maximum Gasteiger partial charge on any atom is 0.162 e. The first kappa shape index (κ1) is 23.7. The van der Waals surface area contributed by atoms with Gasteiger partial charge >= 0.3 is 0 Å². The van der Waals surface area contributed by atoms with Crippen LogP contribution in [0.1, 0.15) is 86.0 Å². The number of aliphatic hydroxyl groups is 4. The second-order valence-corrected chi connectivity index (χ2v) is 12.7. The van der Waals surface area contributed by atoms with Gasteiger partial charge in [-0.3, -0.25) is 0 Å². The first-order valence-corrected chi connectivity index (χ1v) is 12.9. The molecule has 0 aromatic rings. The van der Waals surface area contributed by atoms with Gasteiger partial charge in [0.2, 0.25) is 0 Å². The minimum Gasteiger partial charge on any atom is -0.393 e. The summed E-state index contributed by atoms with van der Waals surface area (Å²) in [6, 6.07) is 0. The molecule has 178 valence electrons. The standard InChI is InChI=1S/C27H46O4/c1-16(2)22(28)9-6-17(3)19-7-8-20-24-21(10-11-26(19,20)5)25(4)12-13-27(30,31)15-18(25)14-23(24)29/h6,9,16-24,28-31H,7-8,10-15H2,1-5H3/t17-,18+,19-,20+,21+,22-,23-,24+,25+,26-/m1/s1. The molecule has 0 spiro atoms. The smallest absolute Gasteiger partial charge is 0.162 e. The number of aliphatic hydroxyl groups excluding tert-OH is 2. The van der Waals surface area contributed by atoms with Crippen molar-refractivity contribution in [1.29, 1.82) is 0 Å². The molecule has 4 heteroatoms. The maximum atomic E-state index is 11.3. The minimum absolute atomic E-state index is 0.116. The van der Waals surface area contributed by atoms with E-state index in [1.54, 1.807) is 0 Å². The molecule has 0 amide bonds. The Morgan fingerprint density at radius 3 is 2.23 bits per heavy atom. The zero-order valence-electron chi connectivity index (χ0n) is 20.3. The zero-order chi connectivity index (χ0) is 22.8. The lowest BCUT2D eigenvalue weighted by molar-refractivity contribution is -0.245. The Morgan fingerprint density at radius 2 is 1.55 bits per heavy atom. The second kappa shape index (κ2) is 8.11. The summed E-state index contributed by atoms with van der Waals surface area (Å²) in [7, 11) is 0. The van der Waals surface area contributed by atoms with Gasteiger partial charge in [0.1, 0.15) is 0 Å². The van der Waals surface area contributed by atoms with E-state index in [0.717, 1.165) is 12.8 Å². The number of allylic oxidation sites excluding steroid dienone is 1. The molecule has 4 nitrogen and oxygen atoms in total. The summed E-state index contributed by atoms with van der Waals surface area (Å²) in [5.74, 6) is 1.29. The highest BCUT2D eigenvalue weighted by molar-refractivity contribution is 5.13. The summed E-state index contributed by atoms with van der Waals surface area (Å²) in [5, 5.41) is 42.1. The highest BCUT2D eigenvalue weighted by atomic mass is 16.5. The van der Waals surface area contributed by atoms with Gasteiger partial charge in [0.25, 0.3) is 0 Å². The topological polar surface area (TPSA) is 80.9 Å². The number of hydrogen-bond acceptors (Lipinski definition) is 4. The lowest BCUT2D eigenvalue weighted by Crippen LogP contribution is -2.60. The Morgan fingerprint density at radius 1 is 0.871 bits per heavy atom. The van der Waals surface area contributed by atoms with E-state index in [4.69, 9.17) is 0 Å². The van der Waals surface area contributed by atoms with Crippen LogP contribution in [0.5, 0.6) is 0 Å². The molecule has 4 aliphatic rings. The number of rotatable bonds is 4. The summed E-state index contributed by atoms with van der Waals surface area (Å²) in [4.78, 5) is 0. The van der Waals surface area contributed by atoms with Gasteiger partial charge in [-0.2, -0.15) is 0 Å². The van der Waals surface area contributed by atoms with Crippen LogP contribution >= 0.6 is 0 Å². The van der Waals surface area contributed by atoms with Crippen molar-refractivity contribution in [2.45, 2.75) is 104 Å². The van der Waals surface area contributed by atoms with Crippen LogP contribution in [0.4, 0.5) is 0 Å². The lowest BCUT2D eigenvalue weighted by Gasteiger charge is -2.63. The molecule has 0 aromatic carbocycles. The third-order valence-corrected chi connectivity index (χ3v) is 10.7. The molecule has 0 bridgehead atoms. The average molecular weight is 435 g/mol. The third-order valence-electron chi connectivity index (χ3n) is 10.7. The van der Waals surface area contributed by atoms with Crippen molar-refractivity contribution in [3.05, 3.63) is 12.2 Å². The Labute approximate surface area is 189 Å². The molecule has 0 heterocycles. The molecule has 0 radical (unpaired) electrons. The van der Waals surface area contributed by atoms with Crippen molar-refractivity contribution in [3.63, 3.8) is 0 Å². The molecule has 0 aliphatic heterocycles. The molecule has 0 unspecified atom stereocenters. The fourth-order valence-corrected chi connectivity index (χ4v) is 8.74. The van der Waals surface area contributed by atoms with Crippen molar-refractivity contribution < 1.29 is 20.4 Å². The van der Waals surface area contributed by atoms with Gasteiger partial charge in [0.15, 0.2) is 5.79 Å². The fourth-order valence-electron chi connectivity index (χ4n) is 8.74. The quantitative estimate of drug-likeness (QED) is 0.388. The monoisotopic (exact) mass is 434 g/mol. The van der Waals surface area contributed by atoms with E-state index in [1.807, 2.05) is 6.08 Å². The maximum absolute atomic E-state index is 11.3. The van der Waals surface area contributed by atoms with Crippen LogP contribution in [0, 0.1) is 52.3 Å². The van der Waals surface area contributed by atoms with Gasteiger partial charge in [0, 0.05) is 12.8 Å². The van der Waals surface area contributed by atoms with E-state index in [2.05, 4.69) is 40.7 Å². The highest BCUT2D eigenvalue weighted by Gasteiger charge is 2.63. The summed E-state index contributed by atoms with van der Waals surface area (Å²) in [6.07, 6.45) is 10.7. The Hall–Kier alpha value is -0.420. The molecule has 4 saturated carbocycles. The number of fused-ring (bicyclic) bond motifs is 5. The molecule has 4 aliphatic carbocycles. The van der Waals surface area contributed by atoms with Gasteiger partial charge in [-0.1, -0.05) is 46.8 Å². The summed E-state index contributed by atoms with van der Waals surface area (Å²) < 4.78 is 0. The normalized spacial score (nSPS) is 48.8. The molecule has 4 N–H and O–H groups in total. The first-order valence-electron chi connectivity index (χ1n) is 12.9. The fraction of sp³-hybridized carbons (Fsp3) is 0.926. The van der Waals surface area contributed by atoms with Gasteiger partial charge in [0.05, 0.1) is 12.2 Å². The van der Waals surface area contributed by atoms with E-state index >= 15 is 0 Å².